The van der Waals surface area contributed by atoms with Crippen LogP contribution in [0.1, 0.15) is 16.8 Å². The first-order chi connectivity index (χ1) is 8.60. The van der Waals surface area contributed by atoms with Crippen LogP contribution in [0.15, 0.2) is 18.2 Å². The Balaban J connectivity index is 2.72. The van der Waals surface area contributed by atoms with E-state index in [2.05, 4.69) is 21.2 Å². The number of para-hydroxylation sites is 1. The molecule has 0 aliphatic rings. The summed E-state index contributed by atoms with van der Waals surface area (Å²) in [5.41, 5.74) is 0.0540. The number of methoxy groups -OCH3 is 1. The van der Waals surface area contributed by atoms with Crippen LogP contribution >= 0.6 is 15.9 Å². The summed E-state index contributed by atoms with van der Waals surface area (Å²) >= 11 is 3.30. The second-order valence-electron chi connectivity index (χ2n) is 3.78. The zero-order valence-corrected chi connectivity index (χ0v) is 11.6. The molecule has 0 aromatic heterocycles. The summed E-state index contributed by atoms with van der Waals surface area (Å²) < 4.78 is 4.94. The van der Waals surface area contributed by atoms with Gasteiger partial charge in [-0.3, -0.25) is 4.79 Å². The average molecular weight is 318 g/mol. The molecule has 0 saturated carbocycles. The quantitative estimate of drug-likeness (QED) is 0.550. The van der Waals surface area contributed by atoms with Crippen LogP contribution in [-0.2, 0) is 4.74 Å². The summed E-state index contributed by atoms with van der Waals surface area (Å²) in [6.45, 7) is 0.530. The maximum Gasteiger partial charge on any atom is 0.255 e. The lowest BCUT2D eigenvalue weighted by molar-refractivity contribution is 0.0927. The fourth-order valence-electron chi connectivity index (χ4n) is 1.43. The van der Waals surface area contributed by atoms with Crippen LogP contribution in [0.4, 0.5) is 0 Å². The van der Waals surface area contributed by atoms with E-state index in [9.17, 15) is 15.0 Å². The number of rotatable bonds is 6. The van der Waals surface area contributed by atoms with Gasteiger partial charge in [-0.1, -0.05) is 22.0 Å². The Morgan fingerprint density at radius 2 is 2.22 bits per heavy atom. The third-order valence-corrected chi connectivity index (χ3v) is 3.23. The Kier molecular flexibility index (Phi) is 5.94. The van der Waals surface area contributed by atoms with Gasteiger partial charge in [-0.15, -0.1) is 0 Å². The molecular weight excluding hydrogens is 302 g/mol. The molecule has 3 N–H and O–H groups in total. The van der Waals surface area contributed by atoms with Crippen LogP contribution < -0.4 is 5.32 Å². The predicted octanol–water partition coefficient (Wildman–Crippen LogP) is 1.63. The molecule has 0 bridgehead atoms. The fraction of sp³-hybridized carbons (Fsp3) is 0.417. The molecule has 1 unspecified atom stereocenters. The predicted molar refractivity (Wildman–Crippen MR) is 71.3 cm³/mol. The van der Waals surface area contributed by atoms with Gasteiger partial charge in [0, 0.05) is 25.1 Å². The van der Waals surface area contributed by atoms with Crippen molar-refractivity contribution in [3.63, 3.8) is 0 Å². The van der Waals surface area contributed by atoms with Crippen LogP contribution in [0.3, 0.4) is 0 Å². The first-order valence-corrected chi connectivity index (χ1v) is 6.59. The fourth-order valence-corrected chi connectivity index (χ4v) is 1.91. The van der Waals surface area contributed by atoms with Gasteiger partial charge in [-0.25, -0.2) is 0 Å². The number of ether oxygens (including phenoxy) is 1. The first-order valence-electron chi connectivity index (χ1n) is 5.46. The van der Waals surface area contributed by atoms with E-state index < -0.39 is 11.7 Å². The highest BCUT2D eigenvalue weighted by molar-refractivity contribution is 9.09. The number of aromatic hydroxyl groups is 2. The highest BCUT2D eigenvalue weighted by Crippen LogP contribution is 2.28. The molecule has 0 spiro atoms. The normalized spacial score (nSPS) is 12.1. The molecule has 1 amide bonds. The molecule has 1 atom stereocenters. The van der Waals surface area contributed by atoms with Gasteiger partial charge in [-0.05, 0) is 18.6 Å². The Bertz CT molecular complexity index is 411. The Morgan fingerprint density at radius 1 is 1.50 bits per heavy atom. The van der Waals surface area contributed by atoms with E-state index in [-0.39, 0.29) is 17.4 Å². The maximum atomic E-state index is 11.9. The SMILES string of the molecule is COCCC(CBr)NC(=O)c1cccc(O)c1O. The third-order valence-electron chi connectivity index (χ3n) is 2.45. The Labute approximate surface area is 114 Å². The van der Waals surface area contributed by atoms with Gasteiger partial charge in [0.15, 0.2) is 11.5 Å². The van der Waals surface area contributed by atoms with Crippen LogP contribution in [-0.4, -0.2) is 41.2 Å². The molecule has 100 valence electrons. The van der Waals surface area contributed by atoms with Crippen LogP contribution in [0, 0.1) is 0 Å². The second kappa shape index (κ2) is 7.23. The zero-order chi connectivity index (χ0) is 13.5. The number of halogens is 1. The maximum absolute atomic E-state index is 11.9. The Morgan fingerprint density at radius 3 is 2.83 bits per heavy atom. The van der Waals surface area contributed by atoms with Crippen molar-refractivity contribution < 1.29 is 19.7 Å². The van der Waals surface area contributed by atoms with Gasteiger partial charge in [0.25, 0.3) is 5.91 Å². The molecule has 5 nitrogen and oxygen atoms in total. The van der Waals surface area contributed by atoms with E-state index in [0.717, 1.165) is 0 Å². The van der Waals surface area contributed by atoms with Gasteiger partial charge in [-0.2, -0.15) is 0 Å². The smallest absolute Gasteiger partial charge is 0.255 e. The number of phenols is 2. The minimum Gasteiger partial charge on any atom is -0.504 e. The van der Waals surface area contributed by atoms with Gasteiger partial charge < -0.3 is 20.3 Å². The van der Waals surface area contributed by atoms with Crippen LogP contribution in [0.25, 0.3) is 0 Å². The van der Waals surface area contributed by atoms with Crippen LogP contribution in [0.2, 0.25) is 0 Å². The molecule has 6 heteroatoms. The lowest BCUT2D eigenvalue weighted by Crippen LogP contribution is -2.36. The number of benzene rings is 1. The van der Waals surface area contributed by atoms with E-state index in [1.165, 1.54) is 18.2 Å². The van der Waals surface area contributed by atoms with Crippen molar-refractivity contribution in [1.82, 2.24) is 5.32 Å². The van der Waals surface area contributed by atoms with Crippen molar-refractivity contribution in [3.8, 4) is 11.5 Å². The molecule has 0 fully saturated rings. The van der Waals surface area contributed by atoms with Crippen molar-refractivity contribution in [2.45, 2.75) is 12.5 Å². The van der Waals surface area contributed by atoms with E-state index in [4.69, 9.17) is 4.74 Å². The summed E-state index contributed by atoms with van der Waals surface area (Å²) in [6, 6.07) is 4.17. The van der Waals surface area contributed by atoms with Crippen molar-refractivity contribution >= 4 is 21.8 Å². The Hall–Kier alpha value is -1.27. The van der Waals surface area contributed by atoms with Gasteiger partial charge >= 0.3 is 0 Å². The number of hydrogen-bond acceptors (Lipinski definition) is 4. The molecule has 1 rings (SSSR count). The van der Waals surface area contributed by atoms with Crippen molar-refractivity contribution in [3.05, 3.63) is 23.8 Å². The molecule has 1 aromatic carbocycles. The lowest BCUT2D eigenvalue weighted by atomic mass is 10.1. The van der Waals surface area contributed by atoms with Crippen molar-refractivity contribution in [1.29, 1.82) is 0 Å². The topological polar surface area (TPSA) is 78.8 Å². The lowest BCUT2D eigenvalue weighted by Gasteiger charge is -2.16. The number of nitrogens with one attached hydrogen (secondary N) is 1. The van der Waals surface area contributed by atoms with Crippen molar-refractivity contribution in [2.24, 2.45) is 0 Å². The minimum atomic E-state index is -0.427. The van der Waals surface area contributed by atoms with E-state index in [1.54, 1.807) is 7.11 Å². The van der Waals surface area contributed by atoms with Gasteiger partial charge in [0.2, 0.25) is 0 Å². The number of hydrogen-bond donors (Lipinski definition) is 3. The summed E-state index contributed by atoms with van der Waals surface area (Å²) in [4.78, 5) is 11.9. The largest absolute Gasteiger partial charge is 0.504 e. The molecule has 0 aliphatic heterocycles. The third kappa shape index (κ3) is 3.89. The molecule has 0 radical (unpaired) electrons. The van der Waals surface area contributed by atoms with Crippen molar-refractivity contribution in [2.75, 3.05) is 19.0 Å². The van der Waals surface area contributed by atoms with E-state index >= 15 is 0 Å². The van der Waals surface area contributed by atoms with E-state index in [1.807, 2.05) is 0 Å². The number of carbonyl (C=O) groups excluding carboxylic acids is 1. The molecule has 0 aliphatic carbocycles. The average Bonchev–Trinajstić information content (AvgIpc) is 2.37. The molecule has 0 heterocycles. The second-order valence-corrected chi connectivity index (χ2v) is 4.43. The van der Waals surface area contributed by atoms with E-state index in [0.29, 0.717) is 18.4 Å². The number of phenolic OH excluding ortho intramolecular Hbond substituents is 2. The molecule has 1 aromatic rings. The summed E-state index contributed by atoms with van der Waals surface area (Å²) in [5.74, 6) is -1.14. The van der Waals surface area contributed by atoms with Crippen LogP contribution in [0.5, 0.6) is 11.5 Å². The minimum absolute atomic E-state index is 0.0540. The summed E-state index contributed by atoms with van der Waals surface area (Å²) in [6.07, 6.45) is 0.660. The van der Waals surface area contributed by atoms with Gasteiger partial charge in [0.05, 0.1) is 5.56 Å². The first kappa shape index (κ1) is 14.8. The molecule has 0 saturated heterocycles. The summed E-state index contributed by atoms with van der Waals surface area (Å²) in [5, 5.41) is 22.2. The monoisotopic (exact) mass is 317 g/mol. The number of amides is 1. The highest BCUT2D eigenvalue weighted by atomic mass is 79.9. The number of carbonyl (C=O) groups is 1. The zero-order valence-electron chi connectivity index (χ0n) is 10.0. The highest BCUT2D eigenvalue weighted by Gasteiger charge is 2.17. The standard InChI is InChI=1S/C12H16BrNO4/c1-18-6-5-8(7-13)14-12(17)9-3-2-4-10(15)11(9)16/h2-4,8,15-16H,5-7H2,1H3,(H,14,17). The van der Waals surface area contributed by atoms with Gasteiger partial charge in [0.1, 0.15) is 0 Å². The number of alkyl halides is 1. The summed E-state index contributed by atoms with van der Waals surface area (Å²) in [7, 11) is 1.59. The molecule has 18 heavy (non-hydrogen) atoms. The molecular formula is C12H16BrNO4.